The number of hydrogen-bond acceptors (Lipinski definition) is 5. The number of thiophene rings is 1. The molecular formula is C27H28N4OS. The molecule has 2 aromatic heterocycles. The molecule has 168 valence electrons. The Bertz CT molecular complexity index is 1180. The number of hydrogen-bond donors (Lipinski definition) is 0. The SMILES string of the molecule is CCc1cc2c(N3CCN(C(=O)CC(c4ccccc4)c4ccccc4)CC3)ncnc2s1. The molecule has 3 heterocycles. The Labute approximate surface area is 198 Å². The predicted molar refractivity (Wildman–Crippen MR) is 135 cm³/mol. The van der Waals surface area contributed by atoms with Crippen molar-refractivity contribution in [2.24, 2.45) is 0 Å². The van der Waals surface area contributed by atoms with Crippen LogP contribution in [-0.2, 0) is 11.2 Å². The third-order valence-corrected chi connectivity index (χ3v) is 7.61. The first kappa shape index (κ1) is 21.6. The van der Waals surface area contributed by atoms with E-state index < -0.39 is 0 Å². The quantitative estimate of drug-likeness (QED) is 0.404. The minimum atomic E-state index is 0.0673. The highest BCUT2D eigenvalue weighted by molar-refractivity contribution is 7.18. The van der Waals surface area contributed by atoms with Gasteiger partial charge in [0.2, 0.25) is 5.91 Å². The average Bonchev–Trinajstić information content (AvgIpc) is 3.32. The maximum absolute atomic E-state index is 13.3. The summed E-state index contributed by atoms with van der Waals surface area (Å²) in [5, 5.41) is 1.13. The van der Waals surface area contributed by atoms with Gasteiger partial charge in [-0.1, -0.05) is 67.6 Å². The maximum atomic E-state index is 13.3. The second-order valence-electron chi connectivity index (χ2n) is 8.43. The number of fused-ring (bicyclic) bond motifs is 1. The molecule has 1 aliphatic heterocycles. The van der Waals surface area contributed by atoms with E-state index in [4.69, 9.17) is 0 Å². The second-order valence-corrected chi connectivity index (χ2v) is 9.54. The Morgan fingerprint density at radius 1 is 0.939 bits per heavy atom. The number of benzene rings is 2. The second kappa shape index (κ2) is 9.71. The lowest BCUT2D eigenvalue weighted by Crippen LogP contribution is -2.49. The topological polar surface area (TPSA) is 49.3 Å². The molecule has 0 radical (unpaired) electrons. The molecule has 1 saturated heterocycles. The molecule has 0 atom stereocenters. The van der Waals surface area contributed by atoms with Crippen molar-refractivity contribution in [2.75, 3.05) is 31.1 Å². The third-order valence-electron chi connectivity index (χ3n) is 6.42. The molecule has 0 unspecified atom stereocenters. The summed E-state index contributed by atoms with van der Waals surface area (Å²) in [7, 11) is 0. The van der Waals surface area contributed by atoms with Crippen LogP contribution >= 0.6 is 11.3 Å². The molecule has 2 aromatic carbocycles. The fourth-order valence-corrected chi connectivity index (χ4v) is 5.52. The number of amides is 1. The smallest absolute Gasteiger partial charge is 0.223 e. The standard InChI is InChI=1S/C27H28N4OS/c1-2-22-17-24-26(28-19-29-27(24)33-22)31-15-13-30(14-16-31)25(32)18-23(20-9-5-3-6-10-20)21-11-7-4-8-12-21/h3-12,17,19,23H,2,13-16,18H2,1H3. The molecule has 4 aromatic rings. The number of nitrogens with zero attached hydrogens (tertiary/aromatic N) is 4. The van der Waals surface area contributed by atoms with Crippen LogP contribution < -0.4 is 4.90 Å². The fraction of sp³-hybridized carbons (Fsp3) is 0.296. The minimum absolute atomic E-state index is 0.0673. The highest BCUT2D eigenvalue weighted by Crippen LogP contribution is 2.32. The van der Waals surface area contributed by atoms with Crippen LogP contribution in [0.2, 0.25) is 0 Å². The average molecular weight is 457 g/mol. The van der Waals surface area contributed by atoms with Gasteiger partial charge in [0.05, 0.1) is 5.39 Å². The molecule has 1 amide bonds. The predicted octanol–water partition coefficient (Wildman–Crippen LogP) is 5.12. The fourth-order valence-electron chi connectivity index (χ4n) is 4.59. The molecule has 5 rings (SSSR count). The number of anilines is 1. The van der Waals surface area contributed by atoms with Gasteiger partial charge in [-0.25, -0.2) is 9.97 Å². The van der Waals surface area contributed by atoms with Crippen LogP contribution in [0.3, 0.4) is 0 Å². The van der Waals surface area contributed by atoms with Gasteiger partial charge < -0.3 is 9.80 Å². The summed E-state index contributed by atoms with van der Waals surface area (Å²) in [4.78, 5) is 29.1. The van der Waals surface area contributed by atoms with Crippen LogP contribution in [0.25, 0.3) is 10.2 Å². The van der Waals surface area contributed by atoms with E-state index in [1.165, 1.54) is 16.0 Å². The van der Waals surface area contributed by atoms with E-state index in [1.54, 1.807) is 17.7 Å². The summed E-state index contributed by atoms with van der Waals surface area (Å²) >= 11 is 1.74. The largest absolute Gasteiger partial charge is 0.352 e. The molecule has 1 aliphatic rings. The van der Waals surface area contributed by atoms with Crippen molar-refractivity contribution >= 4 is 33.3 Å². The van der Waals surface area contributed by atoms with Crippen LogP contribution in [0.15, 0.2) is 73.1 Å². The van der Waals surface area contributed by atoms with E-state index in [0.717, 1.165) is 35.5 Å². The molecule has 0 saturated carbocycles. The van der Waals surface area contributed by atoms with Gasteiger partial charge in [0.25, 0.3) is 0 Å². The summed E-state index contributed by atoms with van der Waals surface area (Å²) < 4.78 is 0. The first-order valence-electron chi connectivity index (χ1n) is 11.6. The first-order valence-corrected chi connectivity index (χ1v) is 12.4. The van der Waals surface area contributed by atoms with Gasteiger partial charge in [0.15, 0.2) is 0 Å². The van der Waals surface area contributed by atoms with E-state index in [-0.39, 0.29) is 11.8 Å². The van der Waals surface area contributed by atoms with Crippen molar-refractivity contribution in [3.8, 4) is 0 Å². The van der Waals surface area contributed by atoms with Crippen molar-refractivity contribution in [1.82, 2.24) is 14.9 Å². The molecular weight excluding hydrogens is 428 g/mol. The highest BCUT2D eigenvalue weighted by Gasteiger charge is 2.26. The zero-order valence-corrected chi connectivity index (χ0v) is 19.7. The van der Waals surface area contributed by atoms with E-state index in [9.17, 15) is 4.79 Å². The van der Waals surface area contributed by atoms with E-state index in [1.807, 2.05) is 41.3 Å². The van der Waals surface area contributed by atoms with E-state index in [0.29, 0.717) is 19.5 Å². The Morgan fingerprint density at radius 2 is 1.58 bits per heavy atom. The monoisotopic (exact) mass is 456 g/mol. The Balaban J connectivity index is 1.29. The van der Waals surface area contributed by atoms with Crippen LogP contribution in [0.1, 0.15) is 35.3 Å². The zero-order chi connectivity index (χ0) is 22.6. The minimum Gasteiger partial charge on any atom is -0.352 e. The van der Waals surface area contributed by atoms with Gasteiger partial charge in [-0.05, 0) is 23.6 Å². The van der Waals surface area contributed by atoms with E-state index >= 15 is 0 Å². The van der Waals surface area contributed by atoms with E-state index in [2.05, 4.69) is 52.1 Å². The summed E-state index contributed by atoms with van der Waals surface area (Å²) in [5.41, 5.74) is 2.37. The lowest BCUT2D eigenvalue weighted by Gasteiger charge is -2.36. The number of aromatic nitrogens is 2. The lowest BCUT2D eigenvalue weighted by atomic mass is 9.88. The van der Waals surface area contributed by atoms with Gasteiger partial charge in [0.1, 0.15) is 17.0 Å². The number of aryl methyl sites for hydroxylation is 1. The summed E-state index contributed by atoms with van der Waals surface area (Å²) in [5.74, 6) is 1.27. The van der Waals surface area contributed by atoms with Crippen LogP contribution in [0.4, 0.5) is 5.82 Å². The van der Waals surface area contributed by atoms with Crippen molar-refractivity contribution in [3.05, 3.63) is 89.1 Å². The van der Waals surface area contributed by atoms with Gasteiger partial charge in [0, 0.05) is 43.4 Å². The molecule has 0 bridgehead atoms. The Kier molecular flexibility index (Phi) is 6.35. The molecule has 33 heavy (non-hydrogen) atoms. The number of carbonyl (C=O) groups excluding carboxylic acids is 1. The summed E-state index contributed by atoms with van der Waals surface area (Å²) in [6.45, 7) is 5.17. The van der Waals surface area contributed by atoms with Crippen molar-refractivity contribution < 1.29 is 4.79 Å². The molecule has 0 spiro atoms. The lowest BCUT2D eigenvalue weighted by molar-refractivity contribution is -0.131. The van der Waals surface area contributed by atoms with Gasteiger partial charge >= 0.3 is 0 Å². The summed E-state index contributed by atoms with van der Waals surface area (Å²) in [6, 6.07) is 22.9. The van der Waals surface area contributed by atoms with Gasteiger partial charge in [-0.3, -0.25) is 4.79 Å². The molecule has 0 N–H and O–H groups in total. The molecule has 6 heteroatoms. The highest BCUT2D eigenvalue weighted by atomic mass is 32.1. The maximum Gasteiger partial charge on any atom is 0.223 e. The third kappa shape index (κ3) is 4.62. The van der Waals surface area contributed by atoms with Gasteiger partial charge in [-0.15, -0.1) is 11.3 Å². The van der Waals surface area contributed by atoms with Crippen molar-refractivity contribution in [2.45, 2.75) is 25.7 Å². The van der Waals surface area contributed by atoms with Crippen molar-refractivity contribution in [1.29, 1.82) is 0 Å². The Morgan fingerprint density at radius 3 is 2.18 bits per heavy atom. The Hall–Kier alpha value is -3.25. The van der Waals surface area contributed by atoms with Gasteiger partial charge in [-0.2, -0.15) is 0 Å². The van der Waals surface area contributed by atoms with Crippen LogP contribution in [-0.4, -0.2) is 47.0 Å². The summed E-state index contributed by atoms with van der Waals surface area (Å²) in [6.07, 6.45) is 3.15. The molecule has 0 aliphatic carbocycles. The normalized spacial score (nSPS) is 14.2. The molecule has 5 nitrogen and oxygen atoms in total. The zero-order valence-electron chi connectivity index (χ0n) is 18.9. The number of piperazine rings is 1. The van der Waals surface area contributed by atoms with Crippen LogP contribution in [0, 0.1) is 0 Å². The number of carbonyl (C=O) groups is 1. The first-order chi connectivity index (χ1) is 16.2. The van der Waals surface area contributed by atoms with Crippen LogP contribution in [0.5, 0.6) is 0 Å². The molecule has 1 fully saturated rings. The van der Waals surface area contributed by atoms with Crippen molar-refractivity contribution in [3.63, 3.8) is 0 Å². The number of rotatable bonds is 6.